The van der Waals surface area contributed by atoms with Crippen molar-refractivity contribution >= 4 is 11.3 Å². The summed E-state index contributed by atoms with van der Waals surface area (Å²) >= 11 is 0. The highest BCUT2D eigenvalue weighted by atomic mass is 15.3. The van der Waals surface area contributed by atoms with Crippen molar-refractivity contribution in [2.45, 2.75) is 40.2 Å². The third-order valence-electron chi connectivity index (χ3n) is 4.06. The van der Waals surface area contributed by atoms with E-state index < -0.39 is 0 Å². The van der Waals surface area contributed by atoms with Crippen LogP contribution in [0, 0.1) is 20.8 Å². The SMILES string of the molecule is Cc1cc2c(NC(C)Cc3c(C)nn(C)c3C)nccn2n1. The van der Waals surface area contributed by atoms with Gasteiger partial charge in [0.15, 0.2) is 5.82 Å². The zero-order valence-electron chi connectivity index (χ0n) is 13.8. The molecule has 0 saturated heterocycles. The van der Waals surface area contributed by atoms with Crippen LogP contribution in [0.15, 0.2) is 18.5 Å². The van der Waals surface area contributed by atoms with E-state index in [0.717, 1.165) is 29.1 Å². The molecule has 0 amide bonds. The molecule has 0 aromatic carbocycles. The molecule has 0 saturated carbocycles. The van der Waals surface area contributed by atoms with Gasteiger partial charge in [0.1, 0.15) is 5.52 Å². The zero-order valence-corrected chi connectivity index (χ0v) is 13.8. The molecule has 0 spiro atoms. The zero-order chi connectivity index (χ0) is 15.9. The Kier molecular flexibility index (Phi) is 3.60. The molecule has 116 valence electrons. The van der Waals surface area contributed by atoms with E-state index in [0.29, 0.717) is 0 Å². The molecule has 6 heteroatoms. The summed E-state index contributed by atoms with van der Waals surface area (Å²) in [6.07, 6.45) is 4.56. The van der Waals surface area contributed by atoms with E-state index in [1.807, 2.05) is 35.4 Å². The van der Waals surface area contributed by atoms with Gasteiger partial charge in [0.05, 0.1) is 11.4 Å². The quantitative estimate of drug-likeness (QED) is 0.803. The number of aryl methyl sites for hydroxylation is 3. The lowest BCUT2D eigenvalue weighted by atomic mass is 10.1. The molecular weight excluding hydrogens is 276 g/mol. The maximum absolute atomic E-state index is 4.48. The molecular formula is C16H22N6. The number of nitrogens with zero attached hydrogens (tertiary/aromatic N) is 5. The summed E-state index contributed by atoms with van der Waals surface area (Å²) in [6, 6.07) is 2.30. The number of nitrogens with one attached hydrogen (secondary N) is 1. The molecule has 0 aliphatic heterocycles. The van der Waals surface area contributed by atoms with E-state index in [2.05, 4.69) is 41.3 Å². The van der Waals surface area contributed by atoms with Crippen LogP contribution < -0.4 is 5.32 Å². The van der Waals surface area contributed by atoms with Crippen LogP contribution in [-0.4, -0.2) is 30.4 Å². The summed E-state index contributed by atoms with van der Waals surface area (Å²) in [5.41, 5.74) is 5.62. The van der Waals surface area contributed by atoms with Crippen LogP contribution in [0.2, 0.25) is 0 Å². The van der Waals surface area contributed by atoms with E-state index in [1.54, 1.807) is 6.20 Å². The van der Waals surface area contributed by atoms with Gasteiger partial charge in [0, 0.05) is 31.2 Å². The van der Waals surface area contributed by atoms with Gasteiger partial charge in [-0.05, 0) is 45.7 Å². The third kappa shape index (κ3) is 2.56. The molecule has 22 heavy (non-hydrogen) atoms. The number of rotatable bonds is 4. The standard InChI is InChI=1S/C16H22N6/c1-10(8-14-12(3)20-21(5)13(14)4)18-16-15-9-11(2)19-22(15)7-6-17-16/h6-7,9-10H,8H2,1-5H3,(H,17,18). The third-order valence-corrected chi connectivity index (χ3v) is 4.06. The Bertz CT molecular complexity index is 814. The van der Waals surface area contributed by atoms with E-state index in [4.69, 9.17) is 0 Å². The molecule has 3 aromatic heterocycles. The molecule has 3 rings (SSSR count). The van der Waals surface area contributed by atoms with Crippen molar-refractivity contribution in [3.05, 3.63) is 41.1 Å². The topological polar surface area (TPSA) is 60.0 Å². The smallest absolute Gasteiger partial charge is 0.152 e. The fourth-order valence-electron chi connectivity index (χ4n) is 2.86. The van der Waals surface area contributed by atoms with Gasteiger partial charge in [-0.15, -0.1) is 0 Å². The van der Waals surface area contributed by atoms with Crippen molar-refractivity contribution in [2.24, 2.45) is 7.05 Å². The Morgan fingerprint density at radius 1 is 1.23 bits per heavy atom. The minimum atomic E-state index is 0.260. The second kappa shape index (κ2) is 5.44. The molecule has 0 bridgehead atoms. The van der Waals surface area contributed by atoms with Gasteiger partial charge in [-0.3, -0.25) is 4.68 Å². The Hall–Kier alpha value is -2.37. The van der Waals surface area contributed by atoms with Crippen molar-refractivity contribution in [2.75, 3.05) is 5.32 Å². The van der Waals surface area contributed by atoms with E-state index in [1.165, 1.54) is 11.3 Å². The summed E-state index contributed by atoms with van der Waals surface area (Å²) < 4.78 is 3.80. The number of anilines is 1. The van der Waals surface area contributed by atoms with Gasteiger partial charge in [-0.1, -0.05) is 0 Å². The van der Waals surface area contributed by atoms with Crippen LogP contribution in [0.4, 0.5) is 5.82 Å². The Morgan fingerprint density at radius 3 is 2.68 bits per heavy atom. The Morgan fingerprint density at radius 2 is 2.00 bits per heavy atom. The number of hydrogen-bond acceptors (Lipinski definition) is 4. The van der Waals surface area contributed by atoms with Gasteiger partial charge in [0.2, 0.25) is 0 Å². The van der Waals surface area contributed by atoms with Crippen LogP contribution in [0.1, 0.15) is 29.6 Å². The lowest BCUT2D eigenvalue weighted by Gasteiger charge is -2.15. The molecule has 1 N–H and O–H groups in total. The van der Waals surface area contributed by atoms with Crippen LogP contribution >= 0.6 is 0 Å². The van der Waals surface area contributed by atoms with Crippen LogP contribution in [0.25, 0.3) is 5.52 Å². The highest BCUT2D eigenvalue weighted by Crippen LogP contribution is 2.19. The molecule has 0 aliphatic carbocycles. The van der Waals surface area contributed by atoms with Crippen LogP contribution in [-0.2, 0) is 13.5 Å². The number of hydrogen-bond donors (Lipinski definition) is 1. The Balaban J connectivity index is 1.82. The van der Waals surface area contributed by atoms with Gasteiger partial charge in [0.25, 0.3) is 0 Å². The average Bonchev–Trinajstić information content (AvgIpc) is 2.94. The van der Waals surface area contributed by atoms with Crippen molar-refractivity contribution < 1.29 is 0 Å². The van der Waals surface area contributed by atoms with Crippen molar-refractivity contribution in [1.29, 1.82) is 0 Å². The summed E-state index contributed by atoms with van der Waals surface area (Å²) in [4.78, 5) is 4.46. The molecule has 1 atom stereocenters. The van der Waals surface area contributed by atoms with Gasteiger partial charge < -0.3 is 5.32 Å². The molecule has 6 nitrogen and oxygen atoms in total. The van der Waals surface area contributed by atoms with E-state index in [-0.39, 0.29) is 6.04 Å². The van der Waals surface area contributed by atoms with Gasteiger partial charge >= 0.3 is 0 Å². The first-order chi connectivity index (χ1) is 10.5. The molecule has 0 radical (unpaired) electrons. The first kappa shape index (κ1) is 14.6. The van der Waals surface area contributed by atoms with Crippen LogP contribution in [0.3, 0.4) is 0 Å². The predicted octanol–water partition coefficient (Wildman–Crippen LogP) is 2.43. The minimum Gasteiger partial charge on any atom is -0.365 e. The van der Waals surface area contributed by atoms with Crippen molar-refractivity contribution in [3.8, 4) is 0 Å². The molecule has 0 fully saturated rings. The summed E-state index contributed by atoms with van der Waals surface area (Å²) in [5.74, 6) is 0.870. The summed E-state index contributed by atoms with van der Waals surface area (Å²) in [6.45, 7) is 8.33. The fraction of sp³-hybridized carbons (Fsp3) is 0.438. The van der Waals surface area contributed by atoms with E-state index in [9.17, 15) is 0 Å². The monoisotopic (exact) mass is 298 g/mol. The largest absolute Gasteiger partial charge is 0.365 e. The summed E-state index contributed by atoms with van der Waals surface area (Å²) in [5, 5.41) is 12.4. The molecule has 3 heterocycles. The first-order valence-electron chi connectivity index (χ1n) is 7.52. The second-order valence-electron chi connectivity index (χ2n) is 5.91. The first-order valence-corrected chi connectivity index (χ1v) is 7.52. The lowest BCUT2D eigenvalue weighted by molar-refractivity contribution is 0.726. The van der Waals surface area contributed by atoms with Crippen LogP contribution in [0.5, 0.6) is 0 Å². The minimum absolute atomic E-state index is 0.260. The Labute approximate surface area is 130 Å². The van der Waals surface area contributed by atoms with E-state index >= 15 is 0 Å². The van der Waals surface area contributed by atoms with Gasteiger partial charge in [-0.25, -0.2) is 9.50 Å². The molecule has 3 aromatic rings. The average molecular weight is 298 g/mol. The summed E-state index contributed by atoms with van der Waals surface area (Å²) in [7, 11) is 1.99. The second-order valence-corrected chi connectivity index (χ2v) is 5.91. The number of aromatic nitrogens is 5. The highest BCUT2D eigenvalue weighted by Gasteiger charge is 2.14. The fourth-order valence-corrected chi connectivity index (χ4v) is 2.86. The maximum Gasteiger partial charge on any atom is 0.152 e. The highest BCUT2D eigenvalue weighted by molar-refractivity contribution is 5.68. The number of fused-ring (bicyclic) bond motifs is 1. The maximum atomic E-state index is 4.48. The molecule has 0 aliphatic rings. The van der Waals surface area contributed by atoms with Crippen molar-refractivity contribution in [3.63, 3.8) is 0 Å². The predicted molar refractivity (Wildman–Crippen MR) is 87.2 cm³/mol. The lowest BCUT2D eigenvalue weighted by Crippen LogP contribution is -2.20. The van der Waals surface area contributed by atoms with Gasteiger partial charge in [-0.2, -0.15) is 10.2 Å². The normalized spacial score (nSPS) is 12.8. The van der Waals surface area contributed by atoms with Crippen molar-refractivity contribution in [1.82, 2.24) is 24.4 Å². The molecule has 1 unspecified atom stereocenters.